The number of alkyl carbamates (subject to hydrolysis) is 1. The van der Waals surface area contributed by atoms with Gasteiger partial charge in [0.25, 0.3) is 5.91 Å². The molecule has 12 heteroatoms. The van der Waals surface area contributed by atoms with Crippen molar-refractivity contribution in [2.24, 2.45) is 5.92 Å². The average molecular weight is 619 g/mol. The lowest BCUT2D eigenvalue weighted by molar-refractivity contribution is 0.0517. The van der Waals surface area contributed by atoms with Crippen LogP contribution in [0.3, 0.4) is 0 Å². The highest BCUT2D eigenvalue weighted by Crippen LogP contribution is 2.46. The summed E-state index contributed by atoms with van der Waals surface area (Å²) >= 11 is 1.39. The number of methoxy groups -OCH3 is 1. The summed E-state index contributed by atoms with van der Waals surface area (Å²) in [6.07, 6.45) is 6.83. The molecule has 2 aromatic carbocycles. The Bertz CT molecular complexity index is 1530. The zero-order valence-corrected chi connectivity index (χ0v) is 26.1. The van der Waals surface area contributed by atoms with Gasteiger partial charge in [0.15, 0.2) is 11.5 Å². The van der Waals surface area contributed by atoms with Gasteiger partial charge < -0.3 is 40.6 Å². The molecule has 1 aromatic heterocycles. The number of allylic oxidation sites excluding steroid dienone is 2. The number of hydrazine groups is 1. The Labute approximate surface area is 261 Å². The first-order valence-corrected chi connectivity index (χ1v) is 15.4. The molecule has 1 saturated heterocycles. The number of ether oxygens (including phenoxy) is 3. The minimum absolute atomic E-state index is 0.157. The summed E-state index contributed by atoms with van der Waals surface area (Å²) in [7, 11) is 1.59. The first-order valence-electron chi connectivity index (χ1n) is 14.5. The molecule has 2 amide bonds. The second-order valence-electron chi connectivity index (χ2n) is 11.5. The Kier molecular flexibility index (Phi) is 9.59. The molecule has 2 aliphatic rings. The topological polar surface area (TPSA) is 126 Å². The minimum Gasteiger partial charge on any atom is -0.491 e. The Morgan fingerprint density at radius 1 is 1.14 bits per heavy atom. The van der Waals surface area contributed by atoms with E-state index < -0.39 is 11.7 Å². The zero-order valence-electron chi connectivity index (χ0n) is 25.3. The zero-order chi connectivity index (χ0) is 31.1. The largest absolute Gasteiger partial charge is 0.491 e. The van der Waals surface area contributed by atoms with Gasteiger partial charge in [-0.3, -0.25) is 4.79 Å². The van der Waals surface area contributed by atoms with Crippen LogP contribution < -0.4 is 35.9 Å². The summed E-state index contributed by atoms with van der Waals surface area (Å²) in [5, 5.41) is 8.45. The molecule has 3 heterocycles. The summed E-state index contributed by atoms with van der Waals surface area (Å²) < 4.78 is 17.6. The molecule has 232 valence electrons. The van der Waals surface area contributed by atoms with E-state index in [4.69, 9.17) is 14.2 Å². The highest BCUT2D eigenvalue weighted by molar-refractivity contribution is 7.11. The summed E-state index contributed by atoms with van der Waals surface area (Å²) in [6.45, 7) is 7.35. The maximum absolute atomic E-state index is 13.5. The molecule has 4 N–H and O–H groups in total. The number of thiazole rings is 1. The van der Waals surface area contributed by atoms with E-state index in [9.17, 15) is 9.59 Å². The molecule has 11 nitrogen and oxygen atoms in total. The van der Waals surface area contributed by atoms with Gasteiger partial charge in [-0.25, -0.2) is 9.78 Å². The van der Waals surface area contributed by atoms with E-state index in [-0.39, 0.29) is 11.8 Å². The number of piperidine rings is 1. The molecular weight excluding hydrogens is 580 g/mol. The fourth-order valence-corrected chi connectivity index (χ4v) is 5.81. The van der Waals surface area contributed by atoms with Crippen LogP contribution in [0.5, 0.6) is 17.2 Å². The van der Waals surface area contributed by atoms with E-state index in [1.165, 1.54) is 11.3 Å². The summed E-state index contributed by atoms with van der Waals surface area (Å²) in [5.41, 5.74) is 7.70. The lowest BCUT2D eigenvalue weighted by Gasteiger charge is -2.36. The number of carbonyl (C=O) groups is 2. The van der Waals surface area contributed by atoms with Crippen molar-refractivity contribution in [2.45, 2.75) is 39.2 Å². The Balaban J connectivity index is 1.41. The molecule has 5 rings (SSSR count). The number of benzene rings is 2. The number of carbonyl (C=O) groups excluding carboxylic acids is 2. The van der Waals surface area contributed by atoms with Gasteiger partial charge >= 0.3 is 6.09 Å². The lowest BCUT2D eigenvalue weighted by atomic mass is 9.97. The van der Waals surface area contributed by atoms with Crippen molar-refractivity contribution in [1.29, 1.82) is 0 Å². The lowest BCUT2D eigenvalue weighted by Crippen LogP contribution is -2.42. The van der Waals surface area contributed by atoms with Gasteiger partial charge in [0, 0.05) is 43.0 Å². The van der Waals surface area contributed by atoms with Gasteiger partial charge in [-0.1, -0.05) is 18.2 Å². The summed E-state index contributed by atoms with van der Waals surface area (Å²) in [6, 6.07) is 13.1. The van der Waals surface area contributed by atoms with Crippen LogP contribution in [0.25, 0.3) is 5.57 Å². The van der Waals surface area contributed by atoms with E-state index in [1.807, 2.05) is 63.2 Å². The fourth-order valence-electron chi connectivity index (χ4n) is 5.01. The van der Waals surface area contributed by atoms with E-state index in [0.717, 1.165) is 30.0 Å². The number of anilines is 2. The van der Waals surface area contributed by atoms with Crippen molar-refractivity contribution >= 4 is 40.3 Å². The van der Waals surface area contributed by atoms with Crippen molar-refractivity contribution < 1.29 is 23.8 Å². The average Bonchev–Trinajstić information content (AvgIpc) is 3.52. The summed E-state index contributed by atoms with van der Waals surface area (Å²) in [5.74, 6) is 1.51. The van der Waals surface area contributed by atoms with Crippen LogP contribution in [0.4, 0.5) is 16.2 Å². The van der Waals surface area contributed by atoms with Crippen LogP contribution in [0, 0.1) is 5.92 Å². The Morgan fingerprint density at radius 3 is 2.68 bits per heavy atom. The maximum atomic E-state index is 13.5. The normalized spacial score (nSPS) is 16.2. The third kappa shape index (κ3) is 7.81. The highest BCUT2D eigenvalue weighted by atomic mass is 32.1. The van der Waals surface area contributed by atoms with Crippen molar-refractivity contribution in [3.05, 3.63) is 77.0 Å². The van der Waals surface area contributed by atoms with Gasteiger partial charge in [0.2, 0.25) is 0 Å². The Hall–Kier alpha value is -4.71. The number of nitrogens with one attached hydrogen (secondary N) is 4. The van der Waals surface area contributed by atoms with Gasteiger partial charge in [-0.2, -0.15) is 0 Å². The summed E-state index contributed by atoms with van der Waals surface area (Å²) in [4.78, 5) is 32.6. The van der Waals surface area contributed by atoms with E-state index >= 15 is 0 Å². The molecule has 0 unspecified atom stereocenters. The predicted molar refractivity (Wildman–Crippen MR) is 172 cm³/mol. The molecule has 1 fully saturated rings. The van der Waals surface area contributed by atoms with Crippen LogP contribution in [0.2, 0.25) is 0 Å². The molecule has 44 heavy (non-hydrogen) atoms. The first-order chi connectivity index (χ1) is 21.2. The minimum atomic E-state index is -0.571. The predicted octanol–water partition coefficient (Wildman–Crippen LogP) is 5.90. The molecule has 2 aliphatic heterocycles. The number of nitrogens with zero attached hydrogens (tertiary/aromatic N) is 2. The highest BCUT2D eigenvalue weighted by Gasteiger charge is 2.29. The van der Waals surface area contributed by atoms with Crippen molar-refractivity contribution in [3.63, 3.8) is 0 Å². The third-order valence-electron chi connectivity index (χ3n) is 6.93. The van der Waals surface area contributed by atoms with Crippen LogP contribution in [-0.2, 0) is 4.74 Å². The number of rotatable bonds is 9. The van der Waals surface area contributed by atoms with Gasteiger partial charge in [-0.15, -0.1) is 11.3 Å². The van der Waals surface area contributed by atoms with E-state index in [2.05, 4.69) is 31.4 Å². The molecule has 0 saturated carbocycles. The molecule has 0 bridgehead atoms. The molecule has 3 aromatic rings. The fraction of sp³-hybridized carbons (Fsp3) is 0.344. The van der Waals surface area contributed by atoms with E-state index in [1.54, 1.807) is 31.0 Å². The monoisotopic (exact) mass is 618 g/mol. The van der Waals surface area contributed by atoms with Gasteiger partial charge in [0.05, 0.1) is 12.8 Å². The smallest absolute Gasteiger partial charge is 0.407 e. The standard InChI is InChI=1S/C32H38N6O5S/c1-32(2,3)43-31(40)33-17-21-9-8-16-38(19-21)27-24(12-13-26(28(27)41-4)42-23-10-6-5-7-11-23)36-29(39)25-20-44-30(37-25)22-14-15-34-35-18-22/h5-7,10-15,18,20-21,34-35H,8-9,16-17,19H2,1-4H3,(H,33,40)(H,36,39)/t21-/m0/s1. The SMILES string of the molecule is COc1c(Oc2ccccc2)ccc(NC(=O)c2csc(C3=CNNC=C3)n2)c1N1CCC[C@@H](CNC(=O)OC(C)(C)C)C1. The molecule has 0 aliphatic carbocycles. The van der Waals surface area contributed by atoms with Gasteiger partial charge in [-0.05, 0) is 69.9 Å². The van der Waals surface area contributed by atoms with Crippen LogP contribution >= 0.6 is 11.3 Å². The van der Waals surface area contributed by atoms with Crippen LogP contribution in [0.1, 0.15) is 49.1 Å². The second kappa shape index (κ2) is 13.7. The molecular formula is C32H38N6O5S. The first kappa shape index (κ1) is 30.7. The third-order valence-corrected chi connectivity index (χ3v) is 7.82. The van der Waals surface area contributed by atoms with Crippen LogP contribution in [0.15, 0.2) is 66.3 Å². The van der Waals surface area contributed by atoms with Crippen molar-refractivity contribution in [1.82, 2.24) is 21.2 Å². The molecule has 0 radical (unpaired) electrons. The molecule has 1 atom stereocenters. The van der Waals surface area contributed by atoms with E-state index in [0.29, 0.717) is 47.4 Å². The maximum Gasteiger partial charge on any atom is 0.407 e. The number of para-hydroxylation sites is 1. The van der Waals surface area contributed by atoms with Gasteiger partial charge in [0.1, 0.15) is 27.7 Å². The van der Waals surface area contributed by atoms with Crippen molar-refractivity contribution in [3.8, 4) is 17.2 Å². The number of aromatic nitrogens is 1. The number of amides is 2. The Morgan fingerprint density at radius 2 is 1.95 bits per heavy atom. The number of hydrogen-bond acceptors (Lipinski definition) is 10. The van der Waals surface area contributed by atoms with Crippen LogP contribution in [-0.4, -0.2) is 49.3 Å². The quantitative estimate of drug-likeness (QED) is 0.232. The second-order valence-corrected chi connectivity index (χ2v) is 12.3. The van der Waals surface area contributed by atoms with Crippen molar-refractivity contribution in [2.75, 3.05) is 37.0 Å². The molecule has 0 spiro atoms. The number of hydrogen-bond donors (Lipinski definition) is 4.